The number of ketones is 1. The molecule has 5 heteroatoms. The Bertz CT molecular complexity index is 1040. The molecule has 0 saturated heterocycles. The molecular formula is C25H26N2O3. The largest absolute Gasteiger partial charge is 0.496 e. The lowest BCUT2D eigenvalue weighted by atomic mass is 10.0. The normalized spacial score (nSPS) is 10.4. The van der Waals surface area contributed by atoms with Crippen molar-refractivity contribution in [1.29, 1.82) is 0 Å². The topological polar surface area (TPSA) is 67.4 Å². The molecule has 2 N–H and O–H groups in total. The van der Waals surface area contributed by atoms with Gasteiger partial charge in [-0.15, -0.1) is 0 Å². The van der Waals surface area contributed by atoms with Crippen molar-refractivity contribution in [2.24, 2.45) is 0 Å². The number of para-hydroxylation sites is 2. The summed E-state index contributed by atoms with van der Waals surface area (Å²) in [7, 11) is 1.53. The number of benzene rings is 3. The number of aryl methyl sites for hydroxylation is 2. The van der Waals surface area contributed by atoms with Crippen LogP contribution in [0, 0.1) is 13.8 Å². The number of nitrogens with one attached hydrogen (secondary N) is 2. The Morgan fingerprint density at radius 2 is 1.50 bits per heavy atom. The molecule has 5 nitrogen and oxygen atoms in total. The second kappa shape index (κ2) is 9.74. The van der Waals surface area contributed by atoms with Gasteiger partial charge in [0.25, 0.3) is 0 Å². The quantitative estimate of drug-likeness (QED) is 0.477. The van der Waals surface area contributed by atoms with Crippen LogP contribution in [-0.2, 0) is 4.79 Å². The van der Waals surface area contributed by atoms with Crippen LogP contribution in [0.15, 0.2) is 66.7 Å². The number of methoxy groups -OCH3 is 1. The minimum Gasteiger partial charge on any atom is -0.496 e. The fraction of sp³-hybridized carbons (Fsp3) is 0.200. The molecule has 0 heterocycles. The van der Waals surface area contributed by atoms with E-state index in [0.717, 1.165) is 16.9 Å². The van der Waals surface area contributed by atoms with Crippen molar-refractivity contribution in [2.75, 3.05) is 17.7 Å². The van der Waals surface area contributed by atoms with Crippen molar-refractivity contribution in [3.8, 4) is 5.75 Å². The van der Waals surface area contributed by atoms with Crippen molar-refractivity contribution in [3.05, 3.63) is 83.4 Å². The molecule has 0 bridgehead atoms. The smallest absolute Gasteiger partial charge is 0.224 e. The van der Waals surface area contributed by atoms with E-state index in [9.17, 15) is 9.59 Å². The zero-order valence-corrected chi connectivity index (χ0v) is 17.5. The van der Waals surface area contributed by atoms with E-state index in [0.29, 0.717) is 17.0 Å². The molecule has 30 heavy (non-hydrogen) atoms. The molecule has 0 saturated carbocycles. The van der Waals surface area contributed by atoms with E-state index in [-0.39, 0.29) is 24.5 Å². The third-order valence-corrected chi connectivity index (χ3v) is 4.77. The third-order valence-electron chi connectivity index (χ3n) is 4.77. The lowest BCUT2D eigenvalue weighted by molar-refractivity contribution is -0.116. The van der Waals surface area contributed by atoms with Crippen LogP contribution in [-0.4, -0.2) is 18.8 Å². The van der Waals surface area contributed by atoms with Crippen LogP contribution in [0.4, 0.5) is 17.1 Å². The van der Waals surface area contributed by atoms with Crippen LogP contribution in [0.3, 0.4) is 0 Å². The first-order valence-corrected chi connectivity index (χ1v) is 9.86. The Labute approximate surface area is 177 Å². The number of Topliss-reactive ketones (excluding diaryl/α,β-unsaturated/α-hetero) is 1. The van der Waals surface area contributed by atoms with Crippen LogP contribution in [0.1, 0.15) is 34.3 Å². The van der Waals surface area contributed by atoms with Gasteiger partial charge < -0.3 is 15.4 Å². The molecule has 3 rings (SSSR count). The first-order chi connectivity index (χ1) is 14.5. The maximum atomic E-state index is 12.6. The van der Waals surface area contributed by atoms with Crippen molar-refractivity contribution in [3.63, 3.8) is 0 Å². The van der Waals surface area contributed by atoms with E-state index < -0.39 is 0 Å². The zero-order chi connectivity index (χ0) is 21.5. The minimum absolute atomic E-state index is 0.0921. The van der Waals surface area contributed by atoms with Crippen LogP contribution in [0.5, 0.6) is 5.75 Å². The summed E-state index contributed by atoms with van der Waals surface area (Å²) in [6, 6.07) is 21.0. The van der Waals surface area contributed by atoms with Crippen molar-refractivity contribution >= 4 is 28.8 Å². The van der Waals surface area contributed by atoms with Gasteiger partial charge in [0, 0.05) is 18.5 Å². The highest BCUT2D eigenvalue weighted by Crippen LogP contribution is 2.26. The molecule has 0 atom stereocenters. The summed E-state index contributed by atoms with van der Waals surface area (Å²) >= 11 is 0. The summed E-state index contributed by atoms with van der Waals surface area (Å²) in [5.41, 5.74) is 5.05. The van der Waals surface area contributed by atoms with Crippen molar-refractivity contribution < 1.29 is 14.3 Å². The third kappa shape index (κ3) is 5.47. The minimum atomic E-state index is -0.215. The van der Waals surface area contributed by atoms with Crippen molar-refractivity contribution in [1.82, 2.24) is 0 Å². The molecule has 3 aromatic carbocycles. The molecule has 1 amide bonds. The molecule has 154 valence electrons. The second-order valence-corrected chi connectivity index (χ2v) is 7.21. The molecule has 0 aliphatic rings. The van der Waals surface area contributed by atoms with Gasteiger partial charge in [0.15, 0.2) is 5.78 Å². The fourth-order valence-corrected chi connectivity index (χ4v) is 3.11. The van der Waals surface area contributed by atoms with E-state index in [1.54, 1.807) is 12.1 Å². The fourth-order valence-electron chi connectivity index (χ4n) is 3.11. The number of hydrogen-bond donors (Lipinski definition) is 2. The van der Waals surface area contributed by atoms with Gasteiger partial charge in [0.2, 0.25) is 5.91 Å². The number of rotatable bonds is 8. The first kappa shape index (κ1) is 21.1. The van der Waals surface area contributed by atoms with E-state index in [4.69, 9.17) is 4.74 Å². The van der Waals surface area contributed by atoms with Gasteiger partial charge in [-0.3, -0.25) is 9.59 Å². The molecule has 3 aromatic rings. The van der Waals surface area contributed by atoms with E-state index in [2.05, 4.69) is 10.6 Å². The number of hydrogen-bond acceptors (Lipinski definition) is 4. The van der Waals surface area contributed by atoms with Gasteiger partial charge in [0.05, 0.1) is 24.0 Å². The number of anilines is 3. The number of carbonyl (C=O) groups excluding carboxylic acids is 2. The molecule has 0 aromatic heterocycles. The Morgan fingerprint density at radius 1 is 0.833 bits per heavy atom. The lowest BCUT2D eigenvalue weighted by Gasteiger charge is -2.13. The number of ether oxygens (including phenoxy) is 1. The van der Waals surface area contributed by atoms with Gasteiger partial charge in [-0.2, -0.15) is 0 Å². The molecular weight excluding hydrogens is 376 g/mol. The maximum absolute atomic E-state index is 12.6. The van der Waals surface area contributed by atoms with E-state index in [1.165, 1.54) is 12.7 Å². The average Bonchev–Trinajstić information content (AvgIpc) is 2.75. The Kier molecular flexibility index (Phi) is 6.86. The lowest BCUT2D eigenvalue weighted by Crippen LogP contribution is -2.15. The summed E-state index contributed by atoms with van der Waals surface area (Å²) in [5, 5.41) is 6.22. The summed E-state index contributed by atoms with van der Waals surface area (Å²) < 4.78 is 5.27. The highest BCUT2D eigenvalue weighted by atomic mass is 16.5. The van der Waals surface area contributed by atoms with Crippen LogP contribution >= 0.6 is 0 Å². The molecule has 0 fully saturated rings. The van der Waals surface area contributed by atoms with Crippen LogP contribution in [0.25, 0.3) is 0 Å². The maximum Gasteiger partial charge on any atom is 0.224 e. The summed E-state index contributed by atoms with van der Waals surface area (Å²) in [6.45, 7) is 3.95. The first-order valence-electron chi connectivity index (χ1n) is 9.86. The molecule has 0 aliphatic heterocycles. The Hall–Kier alpha value is -3.60. The zero-order valence-electron chi connectivity index (χ0n) is 17.5. The molecule has 0 radical (unpaired) electrons. The molecule has 0 unspecified atom stereocenters. The summed E-state index contributed by atoms with van der Waals surface area (Å²) in [5.74, 6) is 0.198. The number of amides is 1. The standard InChI is InChI=1S/C25H26N2O3/c1-17-8-11-19(12-9-17)26-21-6-4-5-7-22(21)27-25(29)15-13-23(28)20-16-18(2)10-14-24(20)30-3/h4-12,14,16,26H,13,15H2,1-3H3,(H,27,29). The van der Waals surface area contributed by atoms with Gasteiger partial charge in [-0.25, -0.2) is 0 Å². The van der Waals surface area contributed by atoms with Gasteiger partial charge in [-0.05, 0) is 50.2 Å². The predicted molar refractivity (Wildman–Crippen MR) is 121 cm³/mol. The van der Waals surface area contributed by atoms with Crippen LogP contribution < -0.4 is 15.4 Å². The SMILES string of the molecule is COc1ccc(C)cc1C(=O)CCC(=O)Nc1ccccc1Nc1ccc(C)cc1. The Morgan fingerprint density at radius 3 is 2.20 bits per heavy atom. The van der Waals surface area contributed by atoms with Crippen molar-refractivity contribution in [2.45, 2.75) is 26.7 Å². The average molecular weight is 402 g/mol. The molecule has 0 aliphatic carbocycles. The summed E-state index contributed by atoms with van der Waals surface area (Å²) in [4.78, 5) is 25.1. The number of carbonyl (C=O) groups is 2. The monoisotopic (exact) mass is 402 g/mol. The van der Waals surface area contributed by atoms with Crippen LogP contribution in [0.2, 0.25) is 0 Å². The summed E-state index contributed by atoms with van der Waals surface area (Å²) in [6.07, 6.45) is 0.202. The highest BCUT2D eigenvalue weighted by molar-refractivity contribution is 6.02. The highest BCUT2D eigenvalue weighted by Gasteiger charge is 2.15. The van der Waals surface area contributed by atoms with E-state index >= 15 is 0 Å². The van der Waals surface area contributed by atoms with Gasteiger partial charge >= 0.3 is 0 Å². The second-order valence-electron chi connectivity index (χ2n) is 7.21. The predicted octanol–water partition coefficient (Wildman–Crippen LogP) is 5.66. The van der Waals surface area contributed by atoms with E-state index in [1.807, 2.05) is 68.4 Å². The van der Waals surface area contributed by atoms with Gasteiger partial charge in [-0.1, -0.05) is 41.5 Å². The van der Waals surface area contributed by atoms with Gasteiger partial charge in [0.1, 0.15) is 5.75 Å². The Balaban J connectivity index is 1.63. The molecule has 0 spiro atoms.